The van der Waals surface area contributed by atoms with E-state index in [0.29, 0.717) is 23.0 Å². The molecule has 3 aliphatic rings. The molecule has 0 aliphatic heterocycles. The number of fused-ring (bicyclic) bond motifs is 5. The van der Waals surface area contributed by atoms with Crippen LogP contribution in [0.4, 0.5) is 0 Å². The topological polar surface area (TPSA) is 81.7 Å². The number of carbonyl (C=O) groups excluding carboxylic acids is 1. The summed E-state index contributed by atoms with van der Waals surface area (Å²) in [4.78, 5) is 11.2. The van der Waals surface area contributed by atoms with Crippen molar-refractivity contribution in [3.63, 3.8) is 0 Å². The van der Waals surface area contributed by atoms with Crippen LogP contribution < -0.4 is 13.6 Å². The minimum absolute atomic E-state index is 0.139. The van der Waals surface area contributed by atoms with E-state index in [2.05, 4.69) is 6.92 Å². The number of ether oxygens (including phenoxy) is 1. The second-order valence-corrected chi connectivity index (χ2v) is 10.6. The predicted molar refractivity (Wildman–Crippen MR) is 115 cm³/mol. The molecule has 4 rings (SSSR count). The zero-order valence-electron chi connectivity index (χ0n) is 18.2. The van der Waals surface area contributed by atoms with Gasteiger partial charge in [-0.25, -0.2) is 4.72 Å². The van der Waals surface area contributed by atoms with E-state index < -0.39 is 16.2 Å². The van der Waals surface area contributed by atoms with Crippen molar-refractivity contribution in [2.75, 3.05) is 7.11 Å². The molecule has 0 aromatic heterocycles. The van der Waals surface area contributed by atoms with E-state index in [0.717, 1.165) is 31.2 Å². The summed E-state index contributed by atoms with van der Waals surface area (Å²) in [6.07, 6.45) is 11.3. The Hall–Kier alpha value is -1.76. The molecule has 2 saturated carbocycles. The van der Waals surface area contributed by atoms with Crippen LogP contribution in [0.5, 0.6) is 11.5 Å². The van der Waals surface area contributed by atoms with Crippen LogP contribution in [0.2, 0.25) is 0 Å². The van der Waals surface area contributed by atoms with Gasteiger partial charge in [-0.1, -0.05) is 26.2 Å². The predicted octanol–water partition coefficient (Wildman–Crippen LogP) is 4.48. The standard InChI is InChI=1S/C23H33NO5S/c1-4-23-11-6-5-7-20(23)18-9-8-16-13-22(29-30(26,27)24-15(2)25)21(28-3)14-19(16)17(18)10-12-23/h13-14,17-18,20H,4-12H2,1-3H3,(H,24,25)/t17?,18?,20?,23-/m0/s1. The third-order valence-corrected chi connectivity index (χ3v) is 8.89. The summed E-state index contributed by atoms with van der Waals surface area (Å²) < 4.78 is 36.7. The van der Waals surface area contributed by atoms with E-state index in [-0.39, 0.29) is 5.75 Å². The fraction of sp³-hybridized carbons (Fsp3) is 0.696. The van der Waals surface area contributed by atoms with E-state index in [1.165, 1.54) is 57.6 Å². The van der Waals surface area contributed by atoms with Gasteiger partial charge < -0.3 is 8.92 Å². The van der Waals surface area contributed by atoms with Crippen molar-refractivity contribution < 1.29 is 22.1 Å². The Bertz CT molecular complexity index is 928. The number of hydrogen-bond donors (Lipinski definition) is 1. The maximum Gasteiger partial charge on any atom is 0.409 e. The molecule has 3 aliphatic carbocycles. The van der Waals surface area contributed by atoms with Crippen molar-refractivity contribution in [2.24, 2.45) is 17.3 Å². The molecule has 0 radical (unpaired) electrons. The van der Waals surface area contributed by atoms with E-state index >= 15 is 0 Å². The van der Waals surface area contributed by atoms with Crippen molar-refractivity contribution in [3.05, 3.63) is 23.3 Å². The lowest BCUT2D eigenvalue weighted by Gasteiger charge is -2.55. The van der Waals surface area contributed by atoms with Gasteiger partial charge in [-0.05, 0) is 85.0 Å². The van der Waals surface area contributed by atoms with Crippen LogP contribution >= 0.6 is 0 Å². The summed E-state index contributed by atoms with van der Waals surface area (Å²) >= 11 is 0. The molecule has 1 aromatic carbocycles. The zero-order chi connectivity index (χ0) is 21.5. The first-order valence-corrected chi connectivity index (χ1v) is 12.6. The summed E-state index contributed by atoms with van der Waals surface area (Å²) in [5.41, 5.74) is 2.96. The average molecular weight is 436 g/mol. The van der Waals surface area contributed by atoms with E-state index in [4.69, 9.17) is 8.92 Å². The lowest BCUT2D eigenvalue weighted by atomic mass is 9.49. The van der Waals surface area contributed by atoms with Crippen LogP contribution in [0.1, 0.15) is 82.3 Å². The molecule has 3 unspecified atom stereocenters. The second kappa shape index (κ2) is 8.06. The molecule has 0 saturated heterocycles. The maximum atomic E-state index is 12.1. The Morgan fingerprint density at radius 1 is 1.17 bits per heavy atom. The lowest BCUT2D eigenvalue weighted by molar-refractivity contribution is -0.117. The van der Waals surface area contributed by atoms with E-state index in [1.807, 2.05) is 10.8 Å². The normalized spacial score (nSPS) is 30.4. The largest absolute Gasteiger partial charge is 0.493 e. The smallest absolute Gasteiger partial charge is 0.409 e. The van der Waals surface area contributed by atoms with Crippen molar-refractivity contribution in [2.45, 2.75) is 77.6 Å². The minimum Gasteiger partial charge on any atom is -0.493 e. The van der Waals surface area contributed by atoms with E-state index in [9.17, 15) is 13.2 Å². The quantitative estimate of drug-likeness (QED) is 0.737. The van der Waals surface area contributed by atoms with Crippen LogP contribution in [0.3, 0.4) is 0 Å². The van der Waals surface area contributed by atoms with Gasteiger partial charge in [0.15, 0.2) is 11.5 Å². The number of carbonyl (C=O) groups is 1. The summed E-state index contributed by atoms with van der Waals surface area (Å²) in [7, 11) is -2.71. The average Bonchev–Trinajstić information content (AvgIpc) is 2.71. The molecule has 1 amide bonds. The molecule has 1 aromatic rings. The summed E-state index contributed by atoms with van der Waals surface area (Å²) in [6.45, 7) is 3.51. The third-order valence-electron chi connectivity index (χ3n) is 7.96. The van der Waals surface area contributed by atoms with Crippen LogP contribution in [-0.2, 0) is 21.5 Å². The summed E-state index contributed by atoms with van der Waals surface area (Å²) in [5, 5.41) is 0. The first-order chi connectivity index (χ1) is 14.3. The van der Waals surface area contributed by atoms with E-state index in [1.54, 1.807) is 6.07 Å². The molecule has 0 heterocycles. The van der Waals surface area contributed by atoms with Gasteiger partial charge in [0.25, 0.3) is 0 Å². The van der Waals surface area contributed by atoms with Gasteiger partial charge in [0.2, 0.25) is 5.91 Å². The highest BCUT2D eigenvalue weighted by Crippen LogP contribution is 2.61. The van der Waals surface area contributed by atoms with Crippen molar-refractivity contribution >= 4 is 16.2 Å². The van der Waals surface area contributed by atoms with Gasteiger partial charge in [0.1, 0.15) is 0 Å². The van der Waals surface area contributed by atoms with Gasteiger partial charge >= 0.3 is 10.3 Å². The highest BCUT2D eigenvalue weighted by molar-refractivity contribution is 7.85. The number of hydrogen-bond acceptors (Lipinski definition) is 5. The van der Waals surface area contributed by atoms with Crippen molar-refractivity contribution in [1.82, 2.24) is 4.72 Å². The summed E-state index contributed by atoms with van der Waals surface area (Å²) in [5.74, 6) is 1.85. The Kier molecular flexibility index (Phi) is 5.77. The Morgan fingerprint density at radius 3 is 2.67 bits per heavy atom. The van der Waals surface area contributed by atoms with Crippen LogP contribution in [0, 0.1) is 17.3 Å². The van der Waals surface area contributed by atoms with Gasteiger partial charge in [-0.2, -0.15) is 8.42 Å². The lowest BCUT2D eigenvalue weighted by Crippen LogP contribution is -2.45. The van der Waals surface area contributed by atoms with Crippen molar-refractivity contribution in [3.8, 4) is 11.5 Å². The number of rotatable bonds is 5. The highest BCUT2D eigenvalue weighted by atomic mass is 32.2. The molecule has 7 heteroatoms. The fourth-order valence-electron chi connectivity index (χ4n) is 6.69. The molecule has 6 nitrogen and oxygen atoms in total. The Balaban J connectivity index is 1.65. The SMILES string of the molecule is CC[C@@]12CCCCC1C1CCc3cc(OS(=O)(=O)NC(C)=O)c(OC)cc3C1CC2. The molecule has 2 fully saturated rings. The monoisotopic (exact) mass is 435 g/mol. The molecule has 1 N–H and O–H groups in total. The van der Waals surface area contributed by atoms with Crippen LogP contribution in [0.15, 0.2) is 12.1 Å². The molecule has 4 atom stereocenters. The molecule has 0 bridgehead atoms. The van der Waals surface area contributed by atoms with Gasteiger partial charge in [-0.15, -0.1) is 0 Å². The fourth-order valence-corrected chi connectivity index (χ4v) is 7.45. The number of amides is 1. The molecule has 166 valence electrons. The zero-order valence-corrected chi connectivity index (χ0v) is 19.0. The minimum atomic E-state index is -4.22. The number of benzene rings is 1. The molecule has 30 heavy (non-hydrogen) atoms. The first kappa shape index (κ1) is 21.5. The van der Waals surface area contributed by atoms with Crippen LogP contribution in [0.25, 0.3) is 0 Å². The number of methoxy groups -OCH3 is 1. The van der Waals surface area contributed by atoms with Gasteiger partial charge in [0, 0.05) is 6.92 Å². The maximum absolute atomic E-state index is 12.1. The van der Waals surface area contributed by atoms with Crippen molar-refractivity contribution in [1.29, 1.82) is 0 Å². The molecular weight excluding hydrogens is 402 g/mol. The van der Waals surface area contributed by atoms with Gasteiger partial charge in [0.05, 0.1) is 7.11 Å². The molecular formula is C23H33NO5S. The summed E-state index contributed by atoms with van der Waals surface area (Å²) in [6, 6.07) is 3.78. The molecule has 0 spiro atoms. The Labute approximate surface area is 180 Å². The van der Waals surface area contributed by atoms with Crippen LogP contribution in [-0.4, -0.2) is 21.4 Å². The highest BCUT2D eigenvalue weighted by Gasteiger charge is 2.50. The number of nitrogens with one attached hydrogen (secondary N) is 1. The Morgan fingerprint density at radius 2 is 1.97 bits per heavy atom. The number of aryl methyl sites for hydroxylation is 1. The van der Waals surface area contributed by atoms with Gasteiger partial charge in [-0.3, -0.25) is 4.79 Å². The second-order valence-electron chi connectivity index (χ2n) is 9.31. The third kappa shape index (κ3) is 3.81. The first-order valence-electron chi connectivity index (χ1n) is 11.2.